The lowest BCUT2D eigenvalue weighted by Gasteiger charge is -2.28. The van der Waals surface area contributed by atoms with Crippen LogP contribution in [-0.2, 0) is 0 Å². The van der Waals surface area contributed by atoms with Crippen LogP contribution in [0.4, 0.5) is 10.1 Å². The Morgan fingerprint density at radius 1 is 0.909 bits per heavy atom. The Balaban J connectivity index is 1.67. The first-order chi connectivity index (χ1) is 15.9. The Labute approximate surface area is 198 Å². The van der Waals surface area contributed by atoms with E-state index in [9.17, 15) is 4.39 Å². The van der Waals surface area contributed by atoms with Gasteiger partial charge in [-0.1, -0.05) is 23.8 Å². The molecule has 1 N–H and O–H groups in total. The van der Waals surface area contributed by atoms with Gasteiger partial charge in [-0.3, -0.25) is 4.98 Å². The molecule has 1 aliphatic heterocycles. The number of nitrogens with one attached hydrogen (secondary N) is 1. The van der Waals surface area contributed by atoms with Gasteiger partial charge in [0.1, 0.15) is 5.82 Å². The third-order valence-corrected chi connectivity index (χ3v) is 6.60. The topological polar surface area (TPSA) is 33.1 Å². The Kier molecular flexibility index (Phi) is 5.46. The summed E-state index contributed by atoms with van der Waals surface area (Å²) in [6, 6.07) is 22.9. The standard InChI is InChI=1S/C27H25FN4S/c1-17-7-11-21(12-8-17)31-18(2)16-23(19(31)3)26-25(24-6-4-5-15-29-24)30-27(33)32(26)22-13-9-20(28)10-14-22/h4-16,25-26H,1-3H3,(H,30,33)/t25-,26+/m0/s1. The van der Waals surface area contributed by atoms with E-state index in [4.69, 9.17) is 12.2 Å². The molecule has 1 aliphatic rings. The van der Waals surface area contributed by atoms with Crippen LogP contribution in [0.5, 0.6) is 0 Å². The van der Waals surface area contributed by atoms with E-state index in [2.05, 4.69) is 70.9 Å². The highest BCUT2D eigenvalue weighted by molar-refractivity contribution is 7.80. The minimum Gasteiger partial charge on any atom is -0.351 e. The molecule has 1 fully saturated rings. The maximum Gasteiger partial charge on any atom is 0.174 e. The molecule has 0 amide bonds. The average Bonchev–Trinajstić information content (AvgIpc) is 3.31. The monoisotopic (exact) mass is 456 g/mol. The van der Waals surface area contributed by atoms with Crippen LogP contribution in [0.15, 0.2) is 79.0 Å². The maximum absolute atomic E-state index is 13.7. The lowest BCUT2D eigenvalue weighted by molar-refractivity contribution is 0.565. The van der Waals surface area contributed by atoms with Crippen LogP contribution in [0.3, 0.4) is 0 Å². The molecule has 5 rings (SSSR count). The summed E-state index contributed by atoms with van der Waals surface area (Å²) in [6.07, 6.45) is 1.80. The van der Waals surface area contributed by atoms with Gasteiger partial charge in [-0.15, -0.1) is 0 Å². The molecule has 33 heavy (non-hydrogen) atoms. The van der Waals surface area contributed by atoms with E-state index in [0.717, 1.165) is 34.0 Å². The van der Waals surface area contributed by atoms with Gasteiger partial charge < -0.3 is 14.8 Å². The van der Waals surface area contributed by atoms with Crippen LogP contribution >= 0.6 is 12.2 Å². The zero-order chi connectivity index (χ0) is 23.1. The van der Waals surface area contributed by atoms with Gasteiger partial charge in [0.2, 0.25) is 0 Å². The molecule has 0 unspecified atom stereocenters. The molecule has 4 aromatic rings. The van der Waals surface area contributed by atoms with Gasteiger partial charge in [0, 0.05) is 29.0 Å². The normalized spacial score (nSPS) is 17.9. The molecular formula is C27H25FN4S. The van der Waals surface area contributed by atoms with Gasteiger partial charge in [-0.2, -0.15) is 0 Å². The fourth-order valence-corrected chi connectivity index (χ4v) is 5.07. The van der Waals surface area contributed by atoms with Crippen molar-refractivity contribution in [2.45, 2.75) is 32.9 Å². The number of hydrogen-bond donors (Lipinski definition) is 1. The summed E-state index contributed by atoms with van der Waals surface area (Å²) in [4.78, 5) is 6.70. The number of nitrogens with zero attached hydrogens (tertiary/aromatic N) is 3. The molecular weight excluding hydrogens is 431 g/mol. The highest BCUT2D eigenvalue weighted by Crippen LogP contribution is 2.43. The number of benzene rings is 2. The first-order valence-corrected chi connectivity index (χ1v) is 11.4. The summed E-state index contributed by atoms with van der Waals surface area (Å²) in [5, 5.41) is 4.08. The predicted molar refractivity (Wildman–Crippen MR) is 134 cm³/mol. The van der Waals surface area contributed by atoms with E-state index in [1.807, 2.05) is 18.2 Å². The summed E-state index contributed by atoms with van der Waals surface area (Å²) >= 11 is 5.79. The highest BCUT2D eigenvalue weighted by Gasteiger charge is 2.42. The van der Waals surface area contributed by atoms with E-state index in [1.54, 1.807) is 18.3 Å². The summed E-state index contributed by atoms with van der Waals surface area (Å²) in [5.41, 5.74) is 7.54. The third-order valence-electron chi connectivity index (χ3n) is 6.28. The average molecular weight is 457 g/mol. The van der Waals surface area contributed by atoms with Crippen molar-refractivity contribution in [1.29, 1.82) is 0 Å². The Morgan fingerprint density at radius 2 is 1.61 bits per heavy atom. The summed E-state index contributed by atoms with van der Waals surface area (Å²) < 4.78 is 16.0. The second kappa shape index (κ2) is 8.45. The number of hydrogen-bond acceptors (Lipinski definition) is 2. The first kappa shape index (κ1) is 21.3. The molecule has 6 heteroatoms. The van der Waals surface area contributed by atoms with Crippen molar-refractivity contribution in [3.8, 4) is 5.69 Å². The van der Waals surface area contributed by atoms with E-state index in [0.29, 0.717) is 5.11 Å². The number of halogens is 1. The zero-order valence-corrected chi connectivity index (χ0v) is 19.6. The van der Waals surface area contributed by atoms with Crippen molar-refractivity contribution in [2.75, 3.05) is 4.90 Å². The maximum atomic E-state index is 13.7. The third kappa shape index (κ3) is 3.80. The molecule has 0 radical (unpaired) electrons. The molecule has 2 atom stereocenters. The second-order valence-electron chi connectivity index (χ2n) is 8.47. The van der Waals surface area contributed by atoms with Crippen molar-refractivity contribution in [3.63, 3.8) is 0 Å². The molecule has 0 aliphatic carbocycles. The van der Waals surface area contributed by atoms with Gasteiger partial charge >= 0.3 is 0 Å². The molecule has 1 saturated heterocycles. The highest BCUT2D eigenvalue weighted by atomic mass is 32.1. The van der Waals surface area contributed by atoms with Crippen molar-refractivity contribution in [1.82, 2.24) is 14.9 Å². The van der Waals surface area contributed by atoms with Crippen molar-refractivity contribution >= 4 is 23.0 Å². The molecule has 0 bridgehead atoms. The summed E-state index contributed by atoms with van der Waals surface area (Å²) in [5.74, 6) is -0.271. The minimum absolute atomic E-state index is 0.136. The Morgan fingerprint density at radius 3 is 2.27 bits per heavy atom. The van der Waals surface area contributed by atoms with E-state index in [1.165, 1.54) is 17.7 Å². The molecule has 0 spiro atoms. The first-order valence-electron chi connectivity index (χ1n) is 11.0. The van der Waals surface area contributed by atoms with Crippen molar-refractivity contribution in [2.24, 2.45) is 0 Å². The van der Waals surface area contributed by atoms with Gasteiger partial charge in [0.05, 0.1) is 17.8 Å². The smallest absolute Gasteiger partial charge is 0.174 e. The summed E-state index contributed by atoms with van der Waals surface area (Å²) in [7, 11) is 0. The van der Waals surface area contributed by atoms with Gasteiger partial charge in [-0.05, 0) is 93.1 Å². The lowest BCUT2D eigenvalue weighted by atomic mass is 9.96. The number of rotatable bonds is 4. The fourth-order valence-electron chi connectivity index (χ4n) is 4.73. The zero-order valence-electron chi connectivity index (χ0n) is 18.8. The molecule has 4 nitrogen and oxygen atoms in total. The number of anilines is 1. The van der Waals surface area contributed by atoms with E-state index >= 15 is 0 Å². The van der Waals surface area contributed by atoms with Crippen LogP contribution in [-0.4, -0.2) is 14.7 Å². The van der Waals surface area contributed by atoms with Crippen LogP contribution in [0.25, 0.3) is 5.69 Å². The lowest BCUT2D eigenvalue weighted by Crippen LogP contribution is -2.29. The van der Waals surface area contributed by atoms with E-state index in [-0.39, 0.29) is 17.9 Å². The van der Waals surface area contributed by atoms with Crippen LogP contribution < -0.4 is 10.2 Å². The number of pyridine rings is 1. The fraction of sp³-hybridized carbons (Fsp3) is 0.185. The SMILES string of the molecule is Cc1ccc(-n2c(C)cc([C@@H]3[C@H](c4ccccn4)NC(=S)N3c3ccc(F)cc3)c2C)cc1. The number of aromatic nitrogens is 2. The molecule has 0 saturated carbocycles. The molecule has 166 valence electrons. The van der Waals surface area contributed by atoms with Gasteiger partial charge in [-0.25, -0.2) is 4.39 Å². The number of aryl methyl sites for hydroxylation is 2. The van der Waals surface area contributed by atoms with Gasteiger partial charge in [0.25, 0.3) is 0 Å². The predicted octanol–water partition coefficient (Wildman–Crippen LogP) is 6.11. The van der Waals surface area contributed by atoms with Gasteiger partial charge in [0.15, 0.2) is 5.11 Å². The van der Waals surface area contributed by atoms with Crippen LogP contribution in [0.2, 0.25) is 0 Å². The summed E-state index contributed by atoms with van der Waals surface area (Å²) in [6.45, 7) is 6.35. The molecule has 3 heterocycles. The minimum atomic E-state index is -0.271. The van der Waals surface area contributed by atoms with E-state index < -0.39 is 0 Å². The second-order valence-corrected chi connectivity index (χ2v) is 8.86. The number of thiocarbonyl (C=S) groups is 1. The molecule has 2 aromatic carbocycles. The van der Waals surface area contributed by atoms with Crippen LogP contribution in [0.1, 0.15) is 40.3 Å². The quantitative estimate of drug-likeness (QED) is 0.376. The molecule has 2 aromatic heterocycles. The van der Waals surface area contributed by atoms with Crippen molar-refractivity contribution < 1.29 is 4.39 Å². The Hall–Kier alpha value is -3.51. The Bertz CT molecular complexity index is 1300. The van der Waals surface area contributed by atoms with Crippen LogP contribution in [0, 0.1) is 26.6 Å². The van der Waals surface area contributed by atoms with Crippen molar-refractivity contribution in [3.05, 3.63) is 113 Å². The largest absolute Gasteiger partial charge is 0.351 e.